The van der Waals surface area contributed by atoms with E-state index in [1.165, 1.54) is 31.2 Å². The Hall–Kier alpha value is -0.820. The summed E-state index contributed by atoms with van der Waals surface area (Å²) in [4.78, 5) is 0. The summed E-state index contributed by atoms with van der Waals surface area (Å²) < 4.78 is 0. The van der Waals surface area contributed by atoms with Gasteiger partial charge in [0.2, 0.25) is 0 Å². The minimum absolute atomic E-state index is 0.524. The van der Waals surface area contributed by atoms with Crippen LogP contribution in [0.5, 0.6) is 0 Å². The van der Waals surface area contributed by atoms with Crippen molar-refractivity contribution in [3.05, 3.63) is 35.9 Å². The van der Waals surface area contributed by atoms with Gasteiger partial charge < -0.3 is 5.32 Å². The molecule has 0 saturated heterocycles. The first-order valence-electron chi connectivity index (χ1n) is 7.55. The summed E-state index contributed by atoms with van der Waals surface area (Å²) >= 11 is 0. The molecule has 2 aliphatic carbocycles. The van der Waals surface area contributed by atoms with E-state index in [0.717, 1.165) is 17.9 Å². The van der Waals surface area contributed by atoms with E-state index in [9.17, 15) is 0 Å². The molecule has 1 aromatic carbocycles. The van der Waals surface area contributed by atoms with Crippen LogP contribution in [0.3, 0.4) is 0 Å². The van der Waals surface area contributed by atoms with Crippen LogP contribution >= 0.6 is 0 Å². The van der Waals surface area contributed by atoms with Gasteiger partial charge in [-0.15, -0.1) is 0 Å². The van der Waals surface area contributed by atoms with Crippen molar-refractivity contribution in [1.29, 1.82) is 0 Å². The third-order valence-corrected chi connectivity index (χ3v) is 4.96. The molecule has 4 unspecified atom stereocenters. The van der Waals surface area contributed by atoms with Gasteiger partial charge in [0.25, 0.3) is 0 Å². The van der Waals surface area contributed by atoms with Gasteiger partial charge in [-0.1, -0.05) is 50.6 Å². The molecule has 2 fully saturated rings. The van der Waals surface area contributed by atoms with Crippen molar-refractivity contribution in [2.45, 2.75) is 51.6 Å². The van der Waals surface area contributed by atoms with E-state index in [-0.39, 0.29) is 0 Å². The maximum Gasteiger partial charge on any atom is 0.0345 e. The molecule has 2 aliphatic rings. The highest BCUT2D eigenvalue weighted by molar-refractivity contribution is 5.20. The van der Waals surface area contributed by atoms with Crippen molar-refractivity contribution in [2.24, 2.45) is 17.8 Å². The fraction of sp³-hybridized carbons (Fsp3) is 0.647. The predicted molar refractivity (Wildman–Crippen MR) is 76.4 cm³/mol. The summed E-state index contributed by atoms with van der Waals surface area (Å²) in [6.45, 7) is 4.66. The smallest absolute Gasteiger partial charge is 0.0345 e. The van der Waals surface area contributed by atoms with E-state index in [2.05, 4.69) is 49.5 Å². The van der Waals surface area contributed by atoms with Crippen LogP contribution in [-0.2, 0) is 0 Å². The zero-order valence-electron chi connectivity index (χ0n) is 11.6. The van der Waals surface area contributed by atoms with E-state index < -0.39 is 0 Å². The van der Waals surface area contributed by atoms with Gasteiger partial charge in [-0.3, -0.25) is 0 Å². The number of hydrogen-bond acceptors (Lipinski definition) is 1. The van der Waals surface area contributed by atoms with Crippen LogP contribution in [0.25, 0.3) is 0 Å². The molecule has 1 nitrogen and oxygen atoms in total. The summed E-state index contributed by atoms with van der Waals surface area (Å²) in [7, 11) is 0. The molecular formula is C17H25N. The highest BCUT2D eigenvalue weighted by Gasteiger charge is 2.40. The molecule has 1 N–H and O–H groups in total. The first-order chi connectivity index (χ1) is 8.74. The number of rotatable bonds is 4. The monoisotopic (exact) mass is 243 g/mol. The quantitative estimate of drug-likeness (QED) is 0.837. The molecule has 18 heavy (non-hydrogen) atoms. The zero-order chi connectivity index (χ0) is 12.5. The summed E-state index contributed by atoms with van der Waals surface area (Å²) in [6, 6.07) is 12.3. The van der Waals surface area contributed by atoms with Gasteiger partial charge >= 0.3 is 0 Å². The van der Waals surface area contributed by atoms with E-state index >= 15 is 0 Å². The largest absolute Gasteiger partial charge is 0.307 e. The normalized spacial score (nSPS) is 32.1. The van der Waals surface area contributed by atoms with Crippen molar-refractivity contribution < 1.29 is 0 Å². The maximum atomic E-state index is 3.96. The van der Waals surface area contributed by atoms with E-state index in [1.807, 2.05) is 0 Å². The standard InChI is InChI=1S/C17H25N/c1-12(2)17(14-6-4-3-5-7-14)18-16-11-13-8-9-15(16)10-13/h3-7,12-13,15-18H,8-11H2,1-2H3. The van der Waals surface area contributed by atoms with Crippen molar-refractivity contribution in [2.75, 3.05) is 0 Å². The second-order valence-corrected chi connectivity index (χ2v) is 6.58. The first-order valence-corrected chi connectivity index (χ1v) is 7.55. The minimum Gasteiger partial charge on any atom is -0.307 e. The van der Waals surface area contributed by atoms with Crippen LogP contribution in [0.1, 0.15) is 51.1 Å². The van der Waals surface area contributed by atoms with Crippen LogP contribution in [0.15, 0.2) is 30.3 Å². The first kappa shape index (κ1) is 12.2. The molecule has 0 radical (unpaired) electrons. The fourth-order valence-corrected chi connectivity index (χ4v) is 4.01. The molecule has 0 aromatic heterocycles. The van der Waals surface area contributed by atoms with Crippen molar-refractivity contribution in [3.63, 3.8) is 0 Å². The van der Waals surface area contributed by atoms with Crippen LogP contribution in [-0.4, -0.2) is 6.04 Å². The summed E-state index contributed by atoms with van der Waals surface area (Å²) in [5.41, 5.74) is 1.45. The molecule has 0 heterocycles. The Morgan fingerprint density at radius 3 is 2.39 bits per heavy atom. The molecule has 98 valence electrons. The SMILES string of the molecule is CC(C)C(NC1CC2CCC1C2)c1ccccc1. The van der Waals surface area contributed by atoms with E-state index in [4.69, 9.17) is 0 Å². The molecule has 1 aromatic rings. The third-order valence-electron chi connectivity index (χ3n) is 4.96. The van der Waals surface area contributed by atoms with Gasteiger partial charge in [-0.25, -0.2) is 0 Å². The molecule has 0 spiro atoms. The molecule has 2 bridgehead atoms. The molecule has 2 saturated carbocycles. The summed E-state index contributed by atoms with van der Waals surface area (Å²) in [5, 5.41) is 3.96. The number of nitrogens with one attached hydrogen (secondary N) is 1. The average Bonchev–Trinajstić information content (AvgIpc) is 2.98. The predicted octanol–water partition coefficient (Wildman–Crippen LogP) is 4.16. The second kappa shape index (κ2) is 5.05. The van der Waals surface area contributed by atoms with Gasteiger partial charge in [0.15, 0.2) is 0 Å². The molecule has 0 amide bonds. The Kier molecular flexibility index (Phi) is 3.43. The topological polar surface area (TPSA) is 12.0 Å². The van der Waals surface area contributed by atoms with Gasteiger partial charge in [0.1, 0.15) is 0 Å². The number of fused-ring (bicyclic) bond motifs is 2. The van der Waals surface area contributed by atoms with Crippen molar-refractivity contribution in [1.82, 2.24) is 5.32 Å². The summed E-state index contributed by atoms with van der Waals surface area (Å²) in [6.07, 6.45) is 5.85. The number of benzene rings is 1. The lowest BCUT2D eigenvalue weighted by Crippen LogP contribution is -2.38. The van der Waals surface area contributed by atoms with Crippen molar-refractivity contribution in [3.8, 4) is 0 Å². The van der Waals surface area contributed by atoms with Gasteiger partial charge in [0.05, 0.1) is 0 Å². The minimum atomic E-state index is 0.524. The van der Waals surface area contributed by atoms with Gasteiger partial charge in [-0.05, 0) is 42.6 Å². The maximum absolute atomic E-state index is 3.96. The fourth-order valence-electron chi connectivity index (χ4n) is 4.01. The lowest BCUT2D eigenvalue weighted by Gasteiger charge is -2.31. The third kappa shape index (κ3) is 2.33. The van der Waals surface area contributed by atoms with Gasteiger partial charge in [0, 0.05) is 12.1 Å². The van der Waals surface area contributed by atoms with Gasteiger partial charge in [-0.2, -0.15) is 0 Å². The highest BCUT2D eigenvalue weighted by Crippen LogP contribution is 2.45. The van der Waals surface area contributed by atoms with Crippen LogP contribution in [0, 0.1) is 17.8 Å². The number of hydrogen-bond donors (Lipinski definition) is 1. The lowest BCUT2D eigenvalue weighted by molar-refractivity contribution is 0.285. The molecule has 3 rings (SSSR count). The lowest BCUT2D eigenvalue weighted by atomic mass is 9.90. The van der Waals surface area contributed by atoms with E-state index in [0.29, 0.717) is 12.0 Å². The molecular weight excluding hydrogens is 218 g/mol. The Labute approximate surface area is 111 Å². The highest BCUT2D eigenvalue weighted by atomic mass is 15.0. The Morgan fingerprint density at radius 1 is 1.06 bits per heavy atom. The average molecular weight is 243 g/mol. The Bertz CT molecular complexity index is 384. The second-order valence-electron chi connectivity index (χ2n) is 6.58. The van der Waals surface area contributed by atoms with E-state index in [1.54, 1.807) is 0 Å². The van der Waals surface area contributed by atoms with Crippen LogP contribution in [0.2, 0.25) is 0 Å². The van der Waals surface area contributed by atoms with Crippen molar-refractivity contribution >= 4 is 0 Å². The zero-order valence-corrected chi connectivity index (χ0v) is 11.6. The van der Waals surface area contributed by atoms with Crippen LogP contribution < -0.4 is 5.32 Å². The Balaban J connectivity index is 1.71. The van der Waals surface area contributed by atoms with Crippen LogP contribution in [0.4, 0.5) is 0 Å². The molecule has 4 atom stereocenters. The Morgan fingerprint density at radius 2 is 1.83 bits per heavy atom. The molecule has 1 heteroatoms. The molecule has 0 aliphatic heterocycles. The summed E-state index contributed by atoms with van der Waals surface area (Å²) in [5.74, 6) is 2.64.